The van der Waals surface area contributed by atoms with E-state index >= 15 is 0 Å². The second kappa shape index (κ2) is 12.6. The normalized spacial score (nSPS) is 12.5. The molecular weight excluding hydrogens is 667 g/mol. The fourth-order valence-electron chi connectivity index (χ4n) is 7.52. The van der Waals surface area contributed by atoms with Gasteiger partial charge in [-0.3, -0.25) is 9.59 Å². The molecule has 0 N–H and O–H groups in total. The molecule has 0 radical (unpaired) electrons. The molecule has 0 atom stereocenters. The van der Waals surface area contributed by atoms with E-state index in [-0.39, 0.29) is 11.8 Å². The van der Waals surface area contributed by atoms with E-state index in [0.717, 1.165) is 49.6 Å². The molecule has 254 valence electrons. The first kappa shape index (κ1) is 31.2. The van der Waals surface area contributed by atoms with Crippen LogP contribution in [0.2, 0.25) is 0 Å². The van der Waals surface area contributed by atoms with E-state index < -0.39 is 0 Å². The van der Waals surface area contributed by atoms with E-state index in [4.69, 9.17) is 15.0 Å². The molecule has 7 aromatic carbocycles. The lowest BCUT2D eigenvalue weighted by atomic mass is 10.0. The molecule has 0 aliphatic carbocycles. The Morgan fingerprint density at radius 1 is 0.407 bits per heavy atom. The van der Waals surface area contributed by atoms with E-state index in [0.29, 0.717) is 40.0 Å². The summed E-state index contributed by atoms with van der Waals surface area (Å²) in [6.45, 7) is 0. The summed E-state index contributed by atoms with van der Waals surface area (Å²) in [5, 5.41) is 1.96. The summed E-state index contributed by atoms with van der Waals surface area (Å²) in [6.07, 6.45) is 0. The van der Waals surface area contributed by atoms with Gasteiger partial charge < -0.3 is 4.57 Å². The minimum Gasteiger partial charge on any atom is -0.308 e. The summed E-state index contributed by atoms with van der Waals surface area (Å²) in [7, 11) is 0. The van der Waals surface area contributed by atoms with E-state index in [1.165, 1.54) is 4.90 Å². The molecule has 7 heteroatoms. The molecule has 1 aliphatic heterocycles. The van der Waals surface area contributed by atoms with Gasteiger partial charge in [0.25, 0.3) is 11.8 Å². The van der Waals surface area contributed by atoms with Crippen molar-refractivity contribution >= 4 is 39.3 Å². The Hall–Kier alpha value is -7.51. The summed E-state index contributed by atoms with van der Waals surface area (Å²) < 4.78 is 2.09. The van der Waals surface area contributed by atoms with Crippen molar-refractivity contribution < 1.29 is 9.59 Å². The third-order valence-electron chi connectivity index (χ3n) is 9.98. The maximum Gasteiger partial charge on any atom is 0.268 e. The first-order chi connectivity index (χ1) is 26.6. The van der Waals surface area contributed by atoms with E-state index in [1.807, 2.05) is 158 Å². The Labute approximate surface area is 310 Å². The predicted molar refractivity (Wildman–Crippen MR) is 213 cm³/mol. The second-order valence-electron chi connectivity index (χ2n) is 13.2. The van der Waals surface area contributed by atoms with Crippen LogP contribution in [0.4, 0.5) is 5.69 Å². The number of fused-ring (bicyclic) bond motifs is 4. The molecule has 2 aromatic heterocycles. The molecule has 0 unspecified atom stereocenters. The molecule has 7 nitrogen and oxygen atoms in total. The van der Waals surface area contributed by atoms with Crippen LogP contribution in [0.5, 0.6) is 0 Å². The Morgan fingerprint density at radius 2 is 0.944 bits per heavy atom. The standard InChI is InChI=1S/C47H29N5O2/c53-46-37-25-14-28-40(41(37)47(54)51(46)34-22-12-21-33(29-34)30-15-4-1-5-16-30)52-39-27-11-10-23-35(39)36-24-13-26-38(42(36)52)45-49-43(31-17-6-2-7-18-31)48-44(50-45)32-19-8-3-9-20-32/h1-29H. The van der Waals surface area contributed by atoms with E-state index in [2.05, 4.69) is 16.7 Å². The largest absolute Gasteiger partial charge is 0.308 e. The fourth-order valence-corrected chi connectivity index (χ4v) is 7.52. The number of para-hydroxylation sites is 2. The third kappa shape index (κ3) is 5.02. The third-order valence-corrected chi connectivity index (χ3v) is 9.98. The summed E-state index contributed by atoms with van der Waals surface area (Å²) >= 11 is 0. The monoisotopic (exact) mass is 695 g/mol. The van der Waals surface area contributed by atoms with Crippen molar-refractivity contribution in [2.75, 3.05) is 4.90 Å². The number of carbonyl (C=O) groups is 2. The number of aromatic nitrogens is 4. The highest BCUT2D eigenvalue weighted by Gasteiger charge is 2.39. The number of hydrogen-bond acceptors (Lipinski definition) is 5. The number of amides is 2. The molecule has 9 aromatic rings. The maximum absolute atomic E-state index is 14.7. The molecule has 10 rings (SSSR count). The van der Waals surface area contributed by atoms with Crippen molar-refractivity contribution in [2.24, 2.45) is 0 Å². The summed E-state index contributed by atoms with van der Waals surface area (Å²) in [5.41, 5.74) is 7.94. The van der Waals surface area contributed by atoms with Crippen molar-refractivity contribution in [3.8, 4) is 51.0 Å². The van der Waals surface area contributed by atoms with Crippen molar-refractivity contribution in [3.05, 3.63) is 187 Å². The van der Waals surface area contributed by atoms with Crippen LogP contribution in [0.25, 0.3) is 72.8 Å². The SMILES string of the molecule is O=C1c2cccc(-n3c4ccccc4c4cccc(-c5nc(-c6ccccc6)nc(-c6ccccc6)n5)c43)c2C(=O)N1c1cccc(-c2ccccc2)c1. The molecule has 0 fully saturated rings. The first-order valence-electron chi connectivity index (χ1n) is 17.7. The number of imide groups is 1. The maximum atomic E-state index is 14.7. The summed E-state index contributed by atoms with van der Waals surface area (Å²) in [4.78, 5) is 45.2. The van der Waals surface area contributed by atoms with Gasteiger partial charge in [0.05, 0.1) is 33.5 Å². The second-order valence-corrected chi connectivity index (χ2v) is 13.2. The van der Waals surface area contributed by atoms with Gasteiger partial charge in [-0.15, -0.1) is 0 Å². The van der Waals surface area contributed by atoms with Crippen LogP contribution >= 0.6 is 0 Å². The van der Waals surface area contributed by atoms with Gasteiger partial charge in [-0.2, -0.15) is 0 Å². The van der Waals surface area contributed by atoms with Crippen molar-refractivity contribution in [1.82, 2.24) is 19.5 Å². The van der Waals surface area contributed by atoms with Gasteiger partial charge in [0.1, 0.15) is 0 Å². The predicted octanol–water partition coefficient (Wildman–Crippen LogP) is 10.4. The molecule has 0 saturated carbocycles. The van der Waals surface area contributed by atoms with Crippen molar-refractivity contribution in [2.45, 2.75) is 0 Å². The van der Waals surface area contributed by atoms with Gasteiger partial charge in [0.15, 0.2) is 17.5 Å². The van der Waals surface area contributed by atoms with Gasteiger partial charge in [-0.25, -0.2) is 19.9 Å². The zero-order valence-corrected chi connectivity index (χ0v) is 28.8. The number of hydrogen-bond donors (Lipinski definition) is 0. The Balaban J connectivity index is 1.20. The molecule has 1 aliphatic rings. The lowest BCUT2D eigenvalue weighted by Crippen LogP contribution is -2.29. The fraction of sp³-hybridized carbons (Fsp3) is 0. The van der Waals surface area contributed by atoms with Gasteiger partial charge in [0.2, 0.25) is 0 Å². The first-order valence-corrected chi connectivity index (χ1v) is 17.7. The average molecular weight is 696 g/mol. The van der Waals surface area contributed by atoms with Crippen LogP contribution in [0.15, 0.2) is 176 Å². The minimum atomic E-state index is -0.378. The quantitative estimate of drug-likeness (QED) is 0.162. The van der Waals surface area contributed by atoms with Crippen LogP contribution in [-0.2, 0) is 0 Å². The smallest absolute Gasteiger partial charge is 0.268 e. The van der Waals surface area contributed by atoms with Crippen LogP contribution in [0.3, 0.4) is 0 Å². The minimum absolute atomic E-state index is 0.343. The van der Waals surface area contributed by atoms with Crippen LogP contribution < -0.4 is 4.90 Å². The zero-order chi connectivity index (χ0) is 36.2. The highest BCUT2D eigenvalue weighted by molar-refractivity contribution is 6.36. The highest BCUT2D eigenvalue weighted by Crippen LogP contribution is 2.41. The molecule has 0 bridgehead atoms. The Morgan fingerprint density at radius 3 is 1.65 bits per heavy atom. The molecule has 2 amide bonds. The lowest BCUT2D eigenvalue weighted by Gasteiger charge is -2.16. The molecular formula is C47H29N5O2. The highest BCUT2D eigenvalue weighted by atomic mass is 16.2. The molecule has 0 spiro atoms. The lowest BCUT2D eigenvalue weighted by molar-refractivity contribution is 0.0926. The van der Waals surface area contributed by atoms with Crippen LogP contribution in [-0.4, -0.2) is 31.3 Å². The van der Waals surface area contributed by atoms with Crippen molar-refractivity contribution in [1.29, 1.82) is 0 Å². The van der Waals surface area contributed by atoms with Gasteiger partial charge in [-0.1, -0.05) is 140 Å². The molecule has 0 saturated heterocycles. The number of rotatable bonds is 6. The molecule has 54 heavy (non-hydrogen) atoms. The zero-order valence-electron chi connectivity index (χ0n) is 28.8. The molecule has 3 heterocycles. The van der Waals surface area contributed by atoms with Crippen LogP contribution in [0.1, 0.15) is 20.7 Å². The van der Waals surface area contributed by atoms with Gasteiger partial charge in [-0.05, 0) is 47.5 Å². The Bertz CT molecular complexity index is 2860. The number of anilines is 1. The van der Waals surface area contributed by atoms with Crippen LogP contribution in [0, 0.1) is 0 Å². The average Bonchev–Trinajstić information content (AvgIpc) is 3.72. The Kier molecular flexibility index (Phi) is 7.30. The van der Waals surface area contributed by atoms with Crippen molar-refractivity contribution in [3.63, 3.8) is 0 Å². The summed E-state index contributed by atoms with van der Waals surface area (Å²) in [6, 6.07) is 56.9. The van der Waals surface area contributed by atoms with E-state index in [1.54, 1.807) is 6.07 Å². The van der Waals surface area contributed by atoms with Gasteiger partial charge >= 0.3 is 0 Å². The number of nitrogens with zero attached hydrogens (tertiary/aromatic N) is 5. The van der Waals surface area contributed by atoms with Gasteiger partial charge in [0, 0.05) is 27.5 Å². The van der Waals surface area contributed by atoms with E-state index in [9.17, 15) is 9.59 Å². The number of benzene rings is 7. The topological polar surface area (TPSA) is 81.0 Å². The number of carbonyl (C=O) groups excluding carboxylic acids is 2. The summed E-state index contributed by atoms with van der Waals surface area (Å²) in [5.74, 6) is 0.854.